The van der Waals surface area contributed by atoms with Crippen molar-refractivity contribution >= 4 is 43.4 Å². The van der Waals surface area contributed by atoms with Gasteiger partial charge in [-0.3, -0.25) is 0 Å². The van der Waals surface area contributed by atoms with Crippen LogP contribution in [0.2, 0.25) is 5.02 Å². The van der Waals surface area contributed by atoms with Gasteiger partial charge in [-0.15, -0.1) is 0 Å². The molecular weight excluding hydrogens is 420 g/mol. The van der Waals surface area contributed by atoms with Crippen LogP contribution in [0.25, 0.3) is 21.8 Å². The average Bonchev–Trinajstić information content (AvgIpc) is 3.04. The lowest BCUT2D eigenvalue weighted by atomic mass is 10.1. The molecule has 1 atom stereocenters. The molecule has 0 spiro atoms. The molecule has 0 unspecified atom stereocenters. The molecule has 2 heterocycles. The third kappa shape index (κ3) is 3.20. The van der Waals surface area contributed by atoms with Crippen LogP contribution < -0.4 is 0 Å². The topological polar surface area (TPSA) is 62.5 Å². The van der Waals surface area contributed by atoms with Crippen LogP contribution in [0.4, 0.5) is 0 Å². The van der Waals surface area contributed by atoms with Crippen molar-refractivity contribution in [3.8, 4) is 0 Å². The molecule has 7 heteroatoms. The van der Waals surface area contributed by atoms with Gasteiger partial charge in [0.1, 0.15) is 0 Å². The molecule has 0 aliphatic carbocycles. The molecule has 0 radical (unpaired) electrons. The molecule has 5 nitrogen and oxygen atoms in total. The Morgan fingerprint density at radius 1 is 0.933 bits per heavy atom. The highest BCUT2D eigenvalue weighted by molar-refractivity contribution is 7.89. The highest BCUT2D eigenvalue weighted by atomic mass is 35.5. The number of halogens is 1. The molecule has 3 aromatic carbocycles. The SMILES string of the molecule is O=S1(=O)c2ccc(Cl)cc2CCN1C[C@@H](O)Cn1c2ccccc2c2ccccc21. The number of aromatic nitrogens is 1. The van der Waals surface area contributed by atoms with Crippen molar-refractivity contribution in [2.75, 3.05) is 13.1 Å². The summed E-state index contributed by atoms with van der Waals surface area (Å²) in [7, 11) is -3.65. The Morgan fingerprint density at radius 2 is 1.57 bits per heavy atom. The monoisotopic (exact) mass is 440 g/mol. The minimum atomic E-state index is -3.65. The molecule has 30 heavy (non-hydrogen) atoms. The van der Waals surface area contributed by atoms with E-state index in [2.05, 4.69) is 16.7 Å². The fraction of sp³-hybridized carbons (Fsp3) is 0.217. The summed E-state index contributed by atoms with van der Waals surface area (Å²) in [6.45, 7) is 0.693. The molecule has 0 saturated heterocycles. The lowest BCUT2D eigenvalue weighted by Crippen LogP contribution is -2.42. The van der Waals surface area contributed by atoms with Crippen LogP contribution in [0.15, 0.2) is 71.6 Å². The molecule has 1 N–H and O–H groups in total. The van der Waals surface area contributed by atoms with Gasteiger partial charge in [-0.1, -0.05) is 48.0 Å². The van der Waals surface area contributed by atoms with E-state index < -0.39 is 16.1 Å². The maximum Gasteiger partial charge on any atom is 0.243 e. The number of aliphatic hydroxyl groups excluding tert-OH is 1. The molecule has 4 aromatic rings. The fourth-order valence-electron chi connectivity index (χ4n) is 4.39. The van der Waals surface area contributed by atoms with Crippen molar-refractivity contribution in [1.29, 1.82) is 0 Å². The molecule has 1 aliphatic heterocycles. The number of hydrogen-bond acceptors (Lipinski definition) is 3. The molecule has 1 aromatic heterocycles. The normalized spacial score (nSPS) is 17.3. The first-order valence-electron chi connectivity index (χ1n) is 9.88. The van der Waals surface area contributed by atoms with Crippen LogP contribution in [0, 0.1) is 0 Å². The maximum absolute atomic E-state index is 13.0. The highest BCUT2D eigenvalue weighted by Gasteiger charge is 2.32. The zero-order valence-corrected chi connectivity index (χ0v) is 17.8. The third-order valence-electron chi connectivity index (χ3n) is 5.76. The van der Waals surface area contributed by atoms with Crippen molar-refractivity contribution in [2.45, 2.75) is 24.0 Å². The summed E-state index contributed by atoms with van der Waals surface area (Å²) in [6, 6.07) is 21.0. The van der Waals surface area contributed by atoms with E-state index in [4.69, 9.17) is 11.6 Å². The van der Waals surface area contributed by atoms with Gasteiger partial charge < -0.3 is 9.67 Å². The summed E-state index contributed by atoms with van der Waals surface area (Å²) in [5.74, 6) is 0. The lowest BCUT2D eigenvalue weighted by Gasteiger charge is -2.30. The zero-order chi connectivity index (χ0) is 20.9. The van der Waals surface area contributed by atoms with Crippen molar-refractivity contribution in [1.82, 2.24) is 8.87 Å². The Morgan fingerprint density at radius 3 is 2.23 bits per heavy atom. The molecule has 0 bridgehead atoms. The van der Waals surface area contributed by atoms with Crippen molar-refractivity contribution in [2.24, 2.45) is 0 Å². The van der Waals surface area contributed by atoms with Crippen LogP contribution in [0.3, 0.4) is 0 Å². The molecule has 1 aliphatic rings. The number of nitrogens with zero attached hydrogens (tertiary/aromatic N) is 2. The summed E-state index contributed by atoms with van der Waals surface area (Å²) in [5, 5.41) is 13.6. The third-order valence-corrected chi connectivity index (χ3v) is 7.96. The summed E-state index contributed by atoms with van der Waals surface area (Å²) < 4.78 is 29.5. The number of rotatable bonds is 4. The van der Waals surface area contributed by atoms with Crippen LogP contribution in [-0.2, 0) is 23.0 Å². The molecule has 0 fully saturated rings. The van der Waals surface area contributed by atoms with Crippen LogP contribution in [0.1, 0.15) is 5.56 Å². The smallest absolute Gasteiger partial charge is 0.243 e. The predicted molar refractivity (Wildman–Crippen MR) is 119 cm³/mol. The standard InChI is InChI=1S/C23H21ClN2O3S/c24-17-9-10-23-16(13-17)11-12-25(30(23,28)29)14-18(27)15-26-21-7-3-1-5-19(21)20-6-2-4-8-22(20)26/h1-10,13,18,27H,11-12,14-15H2/t18-/m1/s1. The Kier molecular flexibility index (Phi) is 4.82. The first kappa shape index (κ1) is 19.6. The number of hydrogen-bond donors (Lipinski definition) is 1. The van der Waals surface area contributed by atoms with Gasteiger partial charge in [0.2, 0.25) is 10.0 Å². The molecule has 154 valence electrons. The van der Waals surface area contributed by atoms with Crippen LogP contribution >= 0.6 is 11.6 Å². The molecule has 5 rings (SSSR count). The van der Waals surface area contributed by atoms with Gasteiger partial charge in [0.05, 0.1) is 17.5 Å². The maximum atomic E-state index is 13.0. The summed E-state index contributed by atoms with van der Waals surface area (Å²) in [4.78, 5) is 0.280. The summed E-state index contributed by atoms with van der Waals surface area (Å²) in [6.07, 6.45) is -0.259. The van der Waals surface area contributed by atoms with Gasteiger partial charge in [-0.2, -0.15) is 4.31 Å². The second-order valence-electron chi connectivity index (χ2n) is 7.66. The number of aliphatic hydroxyl groups is 1. The van der Waals surface area contributed by atoms with Gasteiger partial charge in [-0.05, 0) is 42.3 Å². The van der Waals surface area contributed by atoms with Gasteiger partial charge in [0.25, 0.3) is 0 Å². The average molecular weight is 441 g/mol. The Hall–Kier alpha value is -2.38. The van der Waals surface area contributed by atoms with Crippen LogP contribution in [0.5, 0.6) is 0 Å². The number of sulfonamides is 1. The van der Waals surface area contributed by atoms with Crippen molar-refractivity contribution < 1.29 is 13.5 Å². The summed E-state index contributed by atoms with van der Waals surface area (Å²) in [5.41, 5.74) is 2.79. The van der Waals surface area contributed by atoms with Gasteiger partial charge in [0, 0.05) is 39.9 Å². The van der Waals surface area contributed by atoms with E-state index in [1.807, 2.05) is 36.4 Å². The minimum absolute atomic E-state index is 0.0469. The first-order valence-corrected chi connectivity index (χ1v) is 11.7. The number of benzene rings is 3. The van der Waals surface area contributed by atoms with Crippen molar-refractivity contribution in [3.63, 3.8) is 0 Å². The number of fused-ring (bicyclic) bond motifs is 4. The number of β-amino-alcohol motifs (C(OH)–C–C–N with tert-alkyl or cyclic N) is 1. The Bertz CT molecular complexity index is 1310. The van der Waals surface area contributed by atoms with E-state index >= 15 is 0 Å². The predicted octanol–water partition coefficient (Wildman–Crippen LogP) is 4.06. The Balaban J connectivity index is 1.44. The highest BCUT2D eigenvalue weighted by Crippen LogP contribution is 2.31. The van der Waals surface area contributed by atoms with Gasteiger partial charge in [-0.25, -0.2) is 8.42 Å². The van der Waals surface area contributed by atoms with E-state index in [9.17, 15) is 13.5 Å². The van der Waals surface area contributed by atoms with E-state index in [0.29, 0.717) is 24.5 Å². The molecular formula is C23H21ClN2O3S. The number of para-hydroxylation sites is 2. The second-order valence-corrected chi connectivity index (χ2v) is 10.0. The first-order chi connectivity index (χ1) is 14.4. The van der Waals surface area contributed by atoms with E-state index in [1.165, 1.54) is 4.31 Å². The lowest BCUT2D eigenvalue weighted by molar-refractivity contribution is 0.129. The fourth-order valence-corrected chi connectivity index (χ4v) is 6.30. The molecule has 0 amide bonds. The minimum Gasteiger partial charge on any atom is -0.390 e. The Labute approximate surface area is 180 Å². The van der Waals surface area contributed by atoms with Gasteiger partial charge in [0.15, 0.2) is 0 Å². The second kappa shape index (κ2) is 7.39. The van der Waals surface area contributed by atoms with Crippen molar-refractivity contribution in [3.05, 3.63) is 77.3 Å². The zero-order valence-electron chi connectivity index (χ0n) is 16.2. The van der Waals surface area contributed by atoms with Crippen LogP contribution in [-0.4, -0.2) is 41.6 Å². The molecule has 0 saturated carbocycles. The largest absolute Gasteiger partial charge is 0.390 e. The summed E-state index contributed by atoms with van der Waals surface area (Å²) >= 11 is 6.01. The van der Waals surface area contributed by atoms with E-state index in [-0.39, 0.29) is 11.4 Å². The van der Waals surface area contributed by atoms with Gasteiger partial charge >= 0.3 is 0 Å². The van der Waals surface area contributed by atoms with E-state index in [0.717, 1.165) is 27.4 Å². The quantitative estimate of drug-likeness (QED) is 0.520. The van der Waals surface area contributed by atoms with E-state index in [1.54, 1.807) is 18.2 Å².